The van der Waals surface area contributed by atoms with Gasteiger partial charge in [-0.2, -0.15) is 0 Å². The number of rotatable bonds is 3. The van der Waals surface area contributed by atoms with Gasteiger partial charge in [-0.25, -0.2) is 4.98 Å². The van der Waals surface area contributed by atoms with Crippen molar-refractivity contribution in [2.45, 2.75) is 32.7 Å². The van der Waals surface area contributed by atoms with Crippen LogP contribution < -0.4 is 5.73 Å². The second-order valence-electron chi connectivity index (χ2n) is 5.48. The summed E-state index contributed by atoms with van der Waals surface area (Å²) >= 11 is 0. The maximum atomic E-state index is 5.79. The molecule has 3 rings (SSSR count). The zero-order valence-corrected chi connectivity index (χ0v) is 11.5. The first-order valence-electron chi connectivity index (χ1n) is 7.13. The van der Waals surface area contributed by atoms with Crippen molar-refractivity contribution in [3.8, 4) is 11.3 Å². The molecule has 100 valence electrons. The molecule has 3 heteroatoms. The molecule has 1 unspecified atom stereocenters. The topological polar surface area (TPSA) is 43.8 Å². The van der Waals surface area contributed by atoms with E-state index in [0.29, 0.717) is 6.54 Å². The maximum absolute atomic E-state index is 5.79. The van der Waals surface area contributed by atoms with Gasteiger partial charge in [-0.1, -0.05) is 37.3 Å². The molecule has 1 atom stereocenters. The Kier molecular flexibility index (Phi) is 3.38. The first-order chi connectivity index (χ1) is 9.29. The van der Waals surface area contributed by atoms with Gasteiger partial charge < -0.3 is 10.3 Å². The van der Waals surface area contributed by atoms with Crippen LogP contribution in [-0.2, 0) is 19.4 Å². The zero-order valence-electron chi connectivity index (χ0n) is 11.5. The highest BCUT2D eigenvalue weighted by molar-refractivity contribution is 5.62. The molecule has 1 aromatic heterocycles. The number of imidazole rings is 1. The van der Waals surface area contributed by atoms with Crippen LogP contribution in [0.15, 0.2) is 30.3 Å². The number of hydrogen-bond acceptors (Lipinski definition) is 2. The summed E-state index contributed by atoms with van der Waals surface area (Å²) in [4.78, 5) is 4.90. The lowest BCUT2D eigenvalue weighted by atomic mass is 10.0. The van der Waals surface area contributed by atoms with Gasteiger partial charge in [0, 0.05) is 30.6 Å². The van der Waals surface area contributed by atoms with Crippen LogP contribution in [0.3, 0.4) is 0 Å². The SMILES string of the molecule is CC1CCn2c(nc(-c3ccccc3)c2CCN)C1. The highest BCUT2D eigenvalue weighted by atomic mass is 15.1. The first kappa shape index (κ1) is 12.4. The molecule has 0 saturated carbocycles. The second-order valence-corrected chi connectivity index (χ2v) is 5.48. The standard InChI is InChI=1S/C16H21N3/c1-12-8-10-19-14(7-9-17)16(18-15(19)11-12)13-5-3-2-4-6-13/h2-6,12H,7-11,17H2,1H3. The predicted molar refractivity (Wildman–Crippen MR) is 77.9 cm³/mol. The van der Waals surface area contributed by atoms with Gasteiger partial charge in [-0.05, 0) is 18.9 Å². The summed E-state index contributed by atoms with van der Waals surface area (Å²) in [5.74, 6) is 1.98. The Morgan fingerprint density at radius 3 is 2.84 bits per heavy atom. The Labute approximate surface area is 114 Å². The quantitative estimate of drug-likeness (QED) is 0.916. The molecular weight excluding hydrogens is 234 g/mol. The lowest BCUT2D eigenvalue weighted by Crippen LogP contribution is -2.20. The van der Waals surface area contributed by atoms with E-state index in [9.17, 15) is 0 Å². The second kappa shape index (κ2) is 5.17. The Balaban J connectivity index is 2.09. The first-order valence-corrected chi connectivity index (χ1v) is 7.13. The summed E-state index contributed by atoms with van der Waals surface area (Å²) in [6.07, 6.45) is 3.24. The van der Waals surface area contributed by atoms with Gasteiger partial charge in [0.05, 0.1) is 5.69 Å². The summed E-state index contributed by atoms with van der Waals surface area (Å²) in [5.41, 5.74) is 9.44. The van der Waals surface area contributed by atoms with Crippen molar-refractivity contribution in [3.05, 3.63) is 41.9 Å². The minimum atomic E-state index is 0.681. The summed E-state index contributed by atoms with van der Waals surface area (Å²) < 4.78 is 2.40. The highest BCUT2D eigenvalue weighted by Gasteiger charge is 2.22. The number of benzene rings is 1. The fourth-order valence-electron chi connectivity index (χ4n) is 2.94. The van der Waals surface area contributed by atoms with Crippen molar-refractivity contribution in [1.82, 2.24) is 9.55 Å². The van der Waals surface area contributed by atoms with Crippen molar-refractivity contribution in [2.75, 3.05) is 6.54 Å². The molecule has 0 fully saturated rings. The lowest BCUT2D eigenvalue weighted by Gasteiger charge is -2.21. The fraction of sp³-hybridized carbons (Fsp3) is 0.438. The molecule has 2 N–H and O–H groups in total. The highest BCUT2D eigenvalue weighted by Crippen LogP contribution is 2.29. The van der Waals surface area contributed by atoms with Crippen molar-refractivity contribution < 1.29 is 0 Å². The van der Waals surface area contributed by atoms with Crippen molar-refractivity contribution >= 4 is 0 Å². The normalized spacial score (nSPS) is 18.3. The van der Waals surface area contributed by atoms with E-state index in [1.807, 2.05) is 6.07 Å². The molecule has 0 bridgehead atoms. The van der Waals surface area contributed by atoms with E-state index in [0.717, 1.165) is 31.0 Å². The van der Waals surface area contributed by atoms with Crippen molar-refractivity contribution in [2.24, 2.45) is 11.7 Å². The van der Waals surface area contributed by atoms with Crippen LogP contribution in [0.2, 0.25) is 0 Å². The van der Waals surface area contributed by atoms with Gasteiger partial charge in [0.25, 0.3) is 0 Å². The molecule has 1 aliphatic rings. The number of hydrogen-bond donors (Lipinski definition) is 1. The van der Waals surface area contributed by atoms with Crippen molar-refractivity contribution in [1.29, 1.82) is 0 Å². The van der Waals surface area contributed by atoms with Crippen LogP contribution in [0.25, 0.3) is 11.3 Å². The molecular formula is C16H21N3. The van der Waals surface area contributed by atoms with E-state index in [2.05, 4.69) is 35.8 Å². The third kappa shape index (κ3) is 2.30. The number of nitrogens with zero attached hydrogens (tertiary/aromatic N) is 2. The van der Waals surface area contributed by atoms with Crippen LogP contribution in [-0.4, -0.2) is 16.1 Å². The monoisotopic (exact) mass is 255 g/mol. The minimum absolute atomic E-state index is 0.681. The van der Waals surface area contributed by atoms with Gasteiger partial charge in [-0.3, -0.25) is 0 Å². The van der Waals surface area contributed by atoms with Crippen LogP contribution >= 0.6 is 0 Å². The molecule has 3 nitrogen and oxygen atoms in total. The molecule has 0 spiro atoms. The van der Waals surface area contributed by atoms with Crippen LogP contribution in [0.1, 0.15) is 24.9 Å². The van der Waals surface area contributed by atoms with Crippen LogP contribution in [0.4, 0.5) is 0 Å². The van der Waals surface area contributed by atoms with E-state index in [1.165, 1.54) is 23.5 Å². The molecule has 19 heavy (non-hydrogen) atoms. The van der Waals surface area contributed by atoms with E-state index in [4.69, 9.17) is 10.7 Å². The van der Waals surface area contributed by atoms with Gasteiger partial charge >= 0.3 is 0 Å². The predicted octanol–water partition coefficient (Wildman–Crippen LogP) is 2.63. The molecule has 2 aromatic rings. The summed E-state index contributed by atoms with van der Waals surface area (Å²) in [5, 5.41) is 0. The van der Waals surface area contributed by atoms with Crippen molar-refractivity contribution in [3.63, 3.8) is 0 Å². The third-order valence-electron chi connectivity index (χ3n) is 3.96. The average molecular weight is 255 g/mol. The van der Waals surface area contributed by atoms with E-state index in [1.54, 1.807) is 0 Å². The summed E-state index contributed by atoms with van der Waals surface area (Å²) in [6, 6.07) is 10.5. The fourth-order valence-corrected chi connectivity index (χ4v) is 2.94. The molecule has 0 aliphatic carbocycles. The Morgan fingerprint density at radius 2 is 2.11 bits per heavy atom. The average Bonchev–Trinajstić information content (AvgIpc) is 2.78. The maximum Gasteiger partial charge on any atom is 0.109 e. The molecule has 0 amide bonds. The Bertz CT molecular complexity index is 557. The number of fused-ring (bicyclic) bond motifs is 1. The van der Waals surface area contributed by atoms with E-state index in [-0.39, 0.29) is 0 Å². The largest absolute Gasteiger partial charge is 0.331 e. The zero-order chi connectivity index (χ0) is 13.2. The third-order valence-corrected chi connectivity index (χ3v) is 3.96. The van der Waals surface area contributed by atoms with E-state index < -0.39 is 0 Å². The van der Waals surface area contributed by atoms with Gasteiger partial charge in [0.2, 0.25) is 0 Å². The summed E-state index contributed by atoms with van der Waals surface area (Å²) in [7, 11) is 0. The number of nitrogens with two attached hydrogens (primary N) is 1. The van der Waals surface area contributed by atoms with Crippen LogP contribution in [0, 0.1) is 5.92 Å². The number of aromatic nitrogens is 2. The molecule has 0 radical (unpaired) electrons. The van der Waals surface area contributed by atoms with Gasteiger partial charge in [0.1, 0.15) is 5.82 Å². The molecule has 2 heterocycles. The Hall–Kier alpha value is -1.61. The molecule has 1 aliphatic heterocycles. The van der Waals surface area contributed by atoms with E-state index >= 15 is 0 Å². The smallest absolute Gasteiger partial charge is 0.109 e. The summed E-state index contributed by atoms with van der Waals surface area (Å²) in [6.45, 7) is 4.08. The van der Waals surface area contributed by atoms with Gasteiger partial charge in [-0.15, -0.1) is 0 Å². The van der Waals surface area contributed by atoms with Gasteiger partial charge in [0.15, 0.2) is 0 Å². The molecule has 1 aromatic carbocycles. The minimum Gasteiger partial charge on any atom is -0.331 e. The molecule has 0 saturated heterocycles. The lowest BCUT2D eigenvalue weighted by molar-refractivity contribution is 0.403. The van der Waals surface area contributed by atoms with Crippen LogP contribution in [0.5, 0.6) is 0 Å². The Morgan fingerprint density at radius 1 is 1.32 bits per heavy atom.